The van der Waals surface area contributed by atoms with Gasteiger partial charge in [-0.15, -0.1) is 0 Å². The Bertz CT molecular complexity index is 454. The highest BCUT2D eigenvalue weighted by atomic mass is 15.2. The average Bonchev–Trinajstić information content (AvgIpc) is 2.87. The van der Waals surface area contributed by atoms with Gasteiger partial charge in [-0.2, -0.15) is 0 Å². The highest BCUT2D eigenvalue weighted by molar-refractivity contribution is 5.43. The Kier molecular flexibility index (Phi) is 5.63. The first kappa shape index (κ1) is 16.3. The molecule has 3 heteroatoms. The third kappa shape index (κ3) is 4.70. The van der Waals surface area contributed by atoms with Crippen LogP contribution >= 0.6 is 0 Å². The molecule has 0 radical (unpaired) electrons. The molecule has 0 amide bonds. The van der Waals surface area contributed by atoms with Gasteiger partial charge in [-0.25, -0.2) is 4.98 Å². The standard InChI is InChI=1S/C18H31N3/c1-13(2)10-19-11-16-8-15(5)20-18(9-16)21-7-6-17(12-21)14(3)4/h8-9,13-14,17,19H,6-7,10-12H2,1-5H3. The van der Waals surface area contributed by atoms with Gasteiger partial charge in [0.2, 0.25) is 0 Å². The summed E-state index contributed by atoms with van der Waals surface area (Å²) in [5.74, 6) is 3.44. The molecule has 1 aromatic rings. The van der Waals surface area contributed by atoms with E-state index in [1.807, 2.05) is 0 Å². The zero-order valence-corrected chi connectivity index (χ0v) is 14.3. The summed E-state index contributed by atoms with van der Waals surface area (Å²) in [6, 6.07) is 4.47. The van der Waals surface area contributed by atoms with Crippen molar-refractivity contribution < 1.29 is 0 Å². The van der Waals surface area contributed by atoms with Crippen LogP contribution in [0.5, 0.6) is 0 Å². The van der Waals surface area contributed by atoms with Crippen LogP contribution in [-0.2, 0) is 6.54 Å². The Hall–Kier alpha value is -1.09. The minimum Gasteiger partial charge on any atom is -0.356 e. The highest BCUT2D eigenvalue weighted by Gasteiger charge is 2.25. The Labute approximate surface area is 130 Å². The van der Waals surface area contributed by atoms with Gasteiger partial charge in [-0.05, 0) is 55.3 Å². The Morgan fingerprint density at radius 2 is 2.05 bits per heavy atom. The number of aromatic nitrogens is 1. The predicted molar refractivity (Wildman–Crippen MR) is 90.7 cm³/mol. The zero-order valence-electron chi connectivity index (χ0n) is 14.3. The number of pyridine rings is 1. The molecule has 0 aromatic carbocycles. The van der Waals surface area contributed by atoms with Gasteiger partial charge < -0.3 is 10.2 Å². The lowest BCUT2D eigenvalue weighted by atomic mass is 9.95. The second kappa shape index (κ2) is 7.26. The number of nitrogens with one attached hydrogen (secondary N) is 1. The molecular formula is C18H31N3. The summed E-state index contributed by atoms with van der Waals surface area (Å²) < 4.78 is 0. The van der Waals surface area contributed by atoms with Gasteiger partial charge in [0.15, 0.2) is 0 Å². The van der Waals surface area contributed by atoms with Crippen molar-refractivity contribution in [2.24, 2.45) is 17.8 Å². The lowest BCUT2D eigenvalue weighted by molar-refractivity contribution is 0.422. The first-order valence-electron chi connectivity index (χ1n) is 8.39. The second-order valence-electron chi connectivity index (χ2n) is 7.24. The number of hydrogen-bond acceptors (Lipinski definition) is 3. The summed E-state index contributed by atoms with van der Waals surface area (Å²) in [5.41, 5.74) is 2.48. The Morgan fingerprint density at radius 3 is 2.67 bits per heavy atom. The summed E-state index contributed by atoms with van der Waals surface area (Å²) in [6.07, 6.45) is 1.30. The quantitative estimate of drug-likeness (QED) is 0.867. The van der Waals surface area contributed by atoms with Crippen molar-refractivity contribution in [1.29, 1.82) is 0 Å². The first-order chi connectivity index (χ1) is 9.95. The molecule has 1 aromatic heterocycles. The number of aryl methyl sites for hydroxylation is 1. The van der Waals surface area contributed by atoms with Gasteiger partial charge in [-0.3, -0.25) is 0 Å². The van der Waals surface area contributed by atoms with Crippen molar-refractivity contribution in [3.8, 4) is 0 Å². The van der Waals surface area contributed by atoms with Crippen molar-refractivity contribution in [2.45, 2.75) is 47.6 Å². The Morgan fingerprint density at radius 1 is 1.29 bits per heavy atom. The molecule has 0 saturated carbocycles. The van der Waals surface area contributed by atoms with Gasteiger partial charge in [0.05, 0.1) is 0 Å². The number of anilines is 1. The molecule has 2 rings (SSSR count). The summed E-state index contributed by atoms with van der Waals surface area (Å²) in [4.78, 5) is 7.21. The topological polar surface area (TPSA) is 28.2 Å². The molecule has 1 atom stereocenters. The van der Waals surface area contributed by atoms with E-state index >= 15 is 0 Å². The van der Waals surface area contributed by atoms with E-state index in [9.17, 15) is 0 Å². The Balaban J connectivity index is 2.02. The third-order valence-corrected chi connectivity index (χ3v) is 4.37. The molecule has 1 fully saturated rings. The molecule has 0 spiro atoms. The fourth-order valence-electron chi connectivity index (χ4n) is 3.03. The largest absolute Gasteiger partial charge is 0.356 e. The molecule has 118 valence electrons. The molecule has 1 unspecified atom stereocenters. The summed E-state index contributed by atoms with van der Waals surface area (Å²) >= 11 is 0. The van der Waals surface area contributed by atoms with Crippen LogP contribution in [0.1, 0.15) is 45.4 Å². The van der Waals surface area contributed by atoms with Crippen molar-refractivity contribution in [3.63, 3.8) is 0 Å². The van der Waals surface area contributed by atoms with Crippen LogP contribution in [0, 0.1) is 24.7 Å². The number of rotatable bonds is 6. The predicted octanol–water partition coefficient (Wildman–Crippen LogP) is 3.62. The maximum Gasteiger partial charge on any atom is 0.129 e. The van der Waals surface area contributed by atoms with Crippen LogP contribution in [0.3, 0.4) is 0 Å². The van der Waals surface area contributed by atoms with Crippen molar-refractivity contribution in [3.05, 3.63) is 23.4 Å². The zero-order chi connectivity index (χ0) is 15.4. The van der Waals surface area contributed by atoms with Gasteiger partial charge >= 0.3 is 0 Å². The van der Waals surface area contributed by atoms with E-state index in [-0.39, 0.29) is 0 Å². The molecule has 1 saturated heterocycles. The minimum absolute atomic E-state index is 0.692. The van der Waals surface area contributed by atoms with E-state index in [2.05, 4.69) is 57.0 Å². The summed E-state index contributed by atoms with van der Waals surface area (Å²) in [7, 11) is 0. The maximum absolute atomic E-state index is 4.75. The fraction of sp³-hybridized carbons (Fsp3) is 0.722. The molecule has 1 aliphatic heterocycles. The maximum atomic E-state index is 4.75. The van der Waals surface area contributed by atoms with Crippen molar-refractivity contribution in [1.82, 2.24) is 10.3 Å². The smallest absolute Gasteiger partial charge is 0.129 e. The van der Waals surface area contributed by atoms with Gasteiger partial charge in [0.1, 0.15) is 5.82 Å². The average molecular weight is 289 g/mol. The normalized spacial score (nSPS) is 19.0. The summed E-state index contributed by atoms with van der Waals surface area (Å²) in [5, 5.41) is 3.53. The molecule has 21 heavy (non-hydrogen) atoms. The monoisotopic (exact) mass is 289 g/mol. The molecule has 2 heterocycles. The molecular weight excluding hydrogens is 258 g/mol. The third-order valence-electron chi connectivity index (χ3n) is 4.37. The highest BCUT2D eigenvalue weighted by Crippen LogP contribution is 2.27. The molecule has 0 aliphatic carbocycles. The first-order valence-corrected chi connectivity index (χ1v) is 8.39. The van der Waals surface area contributed by atoms with E-state index in [1.165, 1.54) is 17.8 Å². The van der Waals surface area contributed by atoms with Crippen molar-refractivity contribution >= 4 is 5.82 Å². The molecule has 3 nitrogen and oxygen atoms in total. The van der Waals surface area contributed by atoms with Crippen LogP contribution in [0.15, 0.2) is 12.1 Å². The number of hydrogen-bond donors (Lipinski definition) is 1. The van der Waals surface area contributed by atoms with Crippen LogP contribution in [0.2, 0.25) is 0 Å². The lowest BCUT2D eigenvalue weighted by Crippen LogP contribution is -2.23. The van der Waals surface area contributed by atoms with Gasteiger partial charge in [0, 0.05) is 25.3 Å². The van der Waals surface area contributed by atoms with Crippen LogP contribution in [0.4, 0.5) is 5.82 Å². The fourth-order valence-corrected chi connectivity index (χ4v) is 3.03. The van der Waals surface area contributed by atoms with E-state index in [4.69, 9.17) is 4.98 Å². The van der Waals surface area contributed by atoms with E-state index in [0.29, 0.717) is 5.92 Å². The second-order valence-corrected chi connectivity index (χ2v) is 7.24. The number of nitrogens with zero attached hydrogens (tertiary/aromatic N) is 2. The van der Waals surface area contributed by atoms with E-state index in [0.717, 1.165) is 43.7 Å². The molecule has 1 N–H and O–H groups in total. The van der Waals surface area contributed by atoms with Gasteiger partial charge in [0.25, 0.3) is 0 Å². The van der Waals surface area contributed by atoms with Crippen LogP contribution in [-0.4, -0.2) is 24.6 Å². The van der Waals surface area contributed by atoms with Crippen LogP contribution in [0.25, 0.3) is 0 Å². The molecule has 1 aliphatic rings. The molecule has 0 bridgehead atoms. The SMILES string of the molecule is Cc1cc(CNCC(C)C)cc(N2CCC(C(C)C)C2)n1. The lowest BCUT2D eigenvalue weighted by Gasteiger charge is -2.20. The van der Waals surface area contributed by atoms with Crippen LogP contribution < -0.4 is 10.2 Å². The van der Waals surface area contributed by atoms with E-state index in [1.54, 1.807) is 0 Å². The minimum atomic E-state index is 0.692. The van der Waals surface area contributed by atoms with E-state index < -0.39 is 0 Å². The van der Waals surface area contributed by atoms with Gasteiger partial charge in [-0.1, -0.05) is 27.7 Å². The van der Waals surface area contributed by atoms with Crippen molar-refractivity contribution in [2.75, 3.05) is 24.5 Å². The summed E-state index contributed by atoms with van der Waals surface area (Å²) in [6.45, 7) is 15.6.